The number of thioether (sulfide) groups is 1. The van der Waals surface area contributed by atoms with Crippen molar-refractivity contribution in [3.05, 3.63) is 60.2 Å². The molecule has 7 nitrogen and oxygen atoms in total. The minimum Gasteiger partial charge on any atom is -0.461 e. The average molecular weight is 483 g/mol. The van der Waals surface area contributed by atoms with Crippen molar-refractivity contribution in [3.8, 4) is 0 Å². The number of hydrogen-bond acceptors (Lipinski definition) is 6. The van der Waals surface area contributed by atoms with Crippen molar-refractivity contribution in [3.63, 3.8) is 0 Å². The van der Waals surface area contributed by atoms with Gasteiger partial charge in [-0.3, -0.25) is 14.4 Å². The van der Waals surface area contributed by atoms with Gasteiger partial charge in [-0.25, -0.2) is 0 Å². The van der Waals surface area contributed by atoms with Crippen LogP contribution in [-0.4, -0.2) is 74.5 Å². The van der Waals surface area contributed by atoms with Crippen LogP contribution in [0.25, 0.3) is 0 Å². The molecule has 1 spiro atoms. The average Bonchev–Trinajstić information content (AvgIpc) is 3.08. The number of hydrogen-bond donors (Lipinski definition) is 1. The van der Waals surface area contributed by atoms with Crippen LogP contribution in [0.1, 0.15) is 25.3 Å². The zero-order chi connectivity index (χ0) is 23.9. The van der Waals surface area contributed by atoms with Crippen molar-refractivity contribution in [2.75, 3.05) is 26.3 Å². The van der Waals surface area contributed by atoms with Crippen molar-refractivity contribution >= 4 is 29.5 Å². The summed E-state index contributed by atoms with van der Waals surface area (Å²) >= 11 is 1.55. The Balaban J connectivity index is 1.56. The Labute approximate surface area is 203 Å². The monoisotopic (exact) mass is 482 g/mol. The fourth-order valence-corrected chi connectivity index (χ4v) is 8.13. The van der Waals surface area contributed by atoms with Gasteiger partial charge in [0.1, 0.15) is 12.6 Å². The molecule has 1 N–H and O–H groups in total. The smallest absolute Gasteiger partial charge is 0.311 e. The van der Waals surface area contributed by atoms with Crippen molar-refractivity contribution in [1.29, 1.82) is 0 Å². The van der Waals surface area contributed by atoms with E-state index in [-0.39, 0.29) is 31.0 Å². The molecule has 1 aromatic rings. The van der Waals surface area contributed by atoms with Crippen molar-refractivity contribution in [1.82, 2.24) is 9.80 Å². The summed E-state index contributed by atoms with van der Waals surface area (Å²) in [5, 5.41) is 9.29. The number of aliphatic hydroxyl groups excluding tert-OH is 1. The first-order chi connectivity index (χ1) is 16.4. The molecule has 34 heavy (non-hydrogen) atoms. The number of aliphatic hydroxyl groups is 1. The van der Waals surface area contributed by atoms with Crippen molar-refractivity contribution in [2.45, 2.75) is 41.8 Å². The number of carbonyl (C=O) groups excluding carboxylic acids is 3. The van der Waals surface area contributed by atoms with E-state index in [0.29, 0.717) is 32.5 Å². The second kappa shape index (κ2) is 8.89. The zero-order valence-corrected chi connectivity index (χ0v) is 20.1. The number of unbranched alkanes of at least 4 members (excludes halogenated alkanes) is 1. The summed E-state index contributed by atoms with van der Waals surface area (Å²) in [7, 11) is 0. The number of nitrogens with zero attached hydrogens (tertiary/aromatic N) is 2. The topological polar surface area (TPSA) is 87.1 Å². The molecule has 4 heterocycles. The first-order valence-corrected chi connectivity index (χ1v) is 12.7. The van der Waals surface area contributed by atoms with Gasteiger partial charge < -0.3 is 19.6 Å². The van der Waals surface area contributed by atoms with E-state index in [1.807, 2.05) is 61.6 Å². The number of amides is 2. The third-order valence-electron chi connectivity index (χ3n) is 7.42. The minimum absolute atomic E-state index is 0.0296. The Morgan fingerprint density at radius 2 is 1.85 bits per heavy atom. The summed E-state index contributed by atoms with van der Waals surface area (Å²) in [6.07, 6.45) is 8.95. The van der Waals surface area contributed by atoms with Crippen molar-refractivity contribution < 1.29 is 24.2 Å². The van der Waals surface area contributed by atoms with E-state index in [1.165, 1.54) is 0 Å². The van der Waals surface area contributed by atoms with Crippen LogP contribution in [0, 0.1) is 11.8 Å². The summed E-state index contributed by atoms with van der Waals surface area (Å²) < 4.78 is 3.96. The van der Waals surface area contributed by atoms with Gasteiger partial charge in [0.2, 0.25) is 11.8 Å². The Kier molecular flexibility index (Phi) is 6.06. The number of fused-ring (bicyclic) bond motifs is 2. The van der Waals surface area contributed by atoms with Gasteiger partial charge in [-0.05, 0) is 31.4 Å². The molecule has 5 atom stereocenters. The lowest BCUT2D eigenvalue weighted by Crippen LogP contribution is -2.53. The number of esters is 1. The van der Waals surface area contributed by atoms with E-state index in [9.17, 15) is 19.5 Å². The number of carbonyl (C=O) groups is 3. The molecule has 0 aliphatic carbocycles. The molecule has 5 rings (SSSR count). The maximum atomic E-state index is 14.1. The SMILES string of the molecule is C[C@]12C=CCOC(=O)[C@H]1[C@H]1C(=O)N(CCCCO)C3C(=O)N(Cc4ccccc4)CC=C[C@@]31S2. The molecular weight excluding hydrogens is 452 g/mol. The quantitative estimate of drug-likeness (QED) is 0.380. The fourth-order valence-electron chi connectivity index (χ4n) is 5.98. The minimum atomic E-state index is -0.848. The molecule has 180 valence electrons. The van der Waals surface area contributed by atoms with Gasteiger partial charge in [-0.15, -0.1) is 11.8 Å². The maximum absolute atomic E-state index is 14.1. The van der Waals surface area contributed by atoms with E-state index in [0.717, 1.165) is 5.56 Å². The molecule has 0 aromatic heterocycles. The molecule has 2 fully saturated rings. The van der Waals surface area contributed by atoms with E-state index >= 15 is 0 Å². The summed E-state index contributed by atoms with van der Waals surface area (Å²) in [6.45, 7) is 3.47. The second-order valence-electron chi connectivity index (χ2n) is 9.60. The molecule has 2 saturated heterocycles. The first kappa shape index (κ1) is 23.2. The highest BCUT2D eigenvalue weighted by Gasteiger charge is 2.73. The summed E-state index contributed by atoms with van der Waals surface area (Å²) in [5.41, 5.74) is 1.02. The number of ether oxygens (including phenoxy) is 1. The van der Waals surface area contributed by atoms with Gasteiger partial charge >= 0.3 is 5.97 Å². The van der Waals surface area contributed by atoms with Gasteiger partial charge in [0, 0.05) is 31.0 Å². The van der Waals surface area contributed by atoms with Crippen LogP contribution in [-0.2, 0) is 25.7 Å². The second-order valence-corrected chi connectivity index (χ2v) is 11.4. The Bertz CT molecular complexity index is 1040. The highest BCUT2D eigenvalue weighted by molar-refractivity contribution is 8.02. The molecule has 1 aromatic carbocycles. The molecule has 2 amide bonds. The van der Waals surface area contributed by atoms with Gasteiger partial charge in [0.25, 0.3) is 0 Å². The van der Waals surface area contributed by atoms with Crippen LogP contribution in [0.15, 0.2) is 54.6 Å². The normalized spacial score (nSPS) is 34.4. The molecule has 8 heteroatoms. The number of rotatable bonds is 6. The predicted molar refractivity (Wildman–Crippen MR) is 129 cm³/mol. The molecular formula is C26H30N2O5S. The summed E-state index contributed by atoms with van der Waals surface area (Å²) in [6, 6.07) is 9.11. The third kappa shape index (κ3) is 3.58. The lowest BCUT2D eigenvalue weighted by atomic mass is 9.75. The third-order valence-corrected chi connectivity index (χ3v) is 9.22. The van der Waals surface area contributed by atoms with Crippen LogP contribution in [0.2, 0.25) is 0 Å². The van der Waals surface area contributed by atoms with Gasteiger partial charge in [-0.2, -0.15) is 0 Å². The van der Waals surface area contributed by atoms with Crippen LogP contribution in [0.4, 0.5) is 0 Å². The molecule has 4 aliphatic heterocycles. The maximum Gasteiger partial charge on any atom is 0.311 e. The summed E-state index contributed by atoms with van der Waals surface area (Å²) in [5.74, 6) is -1.98. The van der Waals surface area contributed by atoms with Crippen LogP contribution >= 0.6 is 11.8 Å². The number of benzene rings is 1. The standard InChI is InChI=1S/C26H30N2O5S/c1-25-11-8-16-33-24(32)20(25)19-22(30)28(14-5-6-15-29)21-23(31)27(13-7-12-26(19,21)34-25)17-18-9-3-2-4-10-18/h2-4,7-12,19-21,29H,5-6,13-17H2,1H3/t19-,20+,21?,25-,26-/m0/s1. The van der Waals surface area contributed by atoms with E-state index in [2.05, 4.69) is 0 Å². The van der Waals surface area contributed by atoms with Crippen LogP contribution in [0.5, 0.6) is 0 Å². The van der Waals surface area contributed by atoms with Gasteiger partial charge in [0.15, 0.2) is 0 Å². The molecule has 0 bridgehead atoms. The number of cyclic esters (lactones) is 1. The molecule has 0 saturated carbocycles. The Morgan fingerprint density at radius 1 is 1.06 bits per heavy atom. The largest absolute Gasteiger partial charge is 0.461 e. The van der Waals surface area contributed by atoms with Crippen LogP contribution in [0.3, 0.4) is 0 Å². The molecule has 0 radical (unpaired) electrons. The van der Waals surface area contributed by atoms with Gasteiger partial charge in [-0.1, -0.05) is 48.6 Å². The molecule has 1 unspecified atom stereocenters. The predicted octanol–water partition coefficient (Wildman–Crippen LogP) is 2.16. The highest BCUT2D eigenvalue weighted by atomic mass is 32.2. The highest BCUT2D eigenvalue weighted by Crippen LogP contribution is 2.65. The fraction of sp³-hybridized carbons (Fsp3) is 0.500. The van der Waals surface area contributed by atoms with Crippen LogP contribution < -0.4 is 0 Å². The zero-order valence-electron chi connectivity index (χ0n) is 19.3. The first-order valence-electron chi connectivity index (χ1n) is 11.9. The lowest BCUT2D eigenvalue weighted by Gasteiger charge is -2.36. The molecule has 4 aliphatic rings. The summed E-state index contributed by atoms with van der Waals surface area (Å²) in [4.78, 5) is 44.6. The Hall–Kier alpha value is -2.58. The Morgan fingerprint density at radius 3 is 2.62 bits per heavy atom. The van der Waals surface area contributed by atoms with Gasteiger partial charge in [0.05, 0.1) is 16.6 Å². The van der Waals surface area contributed by atoms with E-state index in [1.54, 1.807) is 21.6 Å². The van der Waals surface area contributed by atoms with E-state index in [4.69, 9.17) is 4.74 Å². The lowest BCUT2D eigenvalue weighted by molar-refractivity contribution is -0.152. The van der Waals surface area contributed by atoms with Crippen molar-refractivity contribution in [2.24, 2.45) is 11.8 Å². The van der Waals surface area contributed by atoms with E-state index < -0.39 is 27.4 Å². The number of likely N-dealkylation sites (tertiary alicyclic amines) is 1.